The van der Waals surface area contributed by atoms with Crippen LogP contribution in [0.1, 0.15) is 5.82 Å². The second-order valence-electron chi connectivity index (χ2n) is 5.45. The maximum absolute atomic E-state index is 4.76. The van der Waals surface area contributed by atoms with Crippen LogP contribution in [0.2, 0.25) is 0 Å². The summed E-state index contributed by atoms with van der Waals surface area (Å²) < 4.78 is 2.16. The second-order valence-corrected chi connectivity index (χ2v) is 5.45. The molecule has 22 heavy (non-hydrogen) atoms. The number of fused-ring (bicyclic) bond motifs is 1. The second kappa shape index (κ2) is 5.19. The molecular weight excluding hydrogens is 270 g/mol. The fourth-order valence-electron chi connectivity index (χ4n) is 2.88. The van der Waals surface area contributed by atoms with Crippen molar-refractivity contribution in [1.29, 1.82) is 0 Å². The van der Waals surface area contributed by atoms with Crippen LogP contribution >= 0.6 is 0 Å². The Kier molecular flexibility index (Phi) is 3.04. The monoisotopic (exact) mass is 287 g/mol. The Morgan fingerprint density at radius 2 is 1.73 bits per heavy atom. The fourth-order valence-corrected chi connectivity index (χ4v) is 2.88. The third kappa shape index (κ3) is 2.11. The normalized spacial score (nSPS) is 14.4. The quantitative estimate of drug-likeness (QED) is 0.710. The van der Waals surface area contributed by atoms with Crippen LogP contribution in [0.15, 0.2) is 72.9 Å². The first-order chi connectivity index (χ1) is 10.8. The van der Waals surface area contributed by atoms with Crippen LogP contribution in [0.4, 0.5) is 5.69 Å². The molecule has 3 aromatic rings. The number of imidazole rings is 1. The highest BCUT2D eigenvalue weighted by atomic mass is 15.1. The number of allylic oxidation sites excluding steroid dienone is 2. The van der Waals surface area contributed by atoms with Crippen LogP contribution < -0.4 is 4.90 Å². The van der Waals surface area contributed by atoms with Crippen molar-refractivity contribution in [2.24, 2.45) is 7.05 Å². The molecule has 3 heteroatoms. The highest BCUT2D eigenvalue weighted by Crippen LogP contribution is 2.25. The van der Waals surface area contributed by atoms with E-state index in [1.54, 1.807) is 0 Å². The molecule has 0 fully saturated rings. The first-order valence-electron chi connectivity index (χ1n) is 7.45. The van der Waals surface area contributed by atoms with Crippen molar-refractivity contribution in [3.05, 3.63) is 78.8 Å². The maximum Gasteiger partial charge on any atom is 0.140 e. The van der Waals surface area contributed by atoms with E-state index in [1.165, 1.54) is 11.3 Å². The summed E-state index contributed by atoms with van der Waals surface area (Å²) in [5, 5.41) is 0. The first kappa shape index (κ1) is 12.9. The molecule has 0 spiro atoms. The Morgan fingerprint density at radius 3 is 2.45 bits per heavy atom. The molecule has 0 radical (unpaired) electrons. The Morgan fingerprint density at radius 1 is 0.955 bits per heavy atom. The lowest BCUT2D eigenvalue weighted by Gasteiger charge is -2.22. The lowest BCUT2D eigenvalue weighted by molar-refractivity contribution is 0.919. The third-order valence-electron chi connectivity index (χ3n) is 4.08. The van der Waals surface area contributed by atoms with E-state index in [-0.39, 0.29) is 0 Å². The molecular formula is C19H17N3. The summed E-state index contributed by atoms with van der Waals surface area (Å²) in [5.41, 5.74) is 4.59. The van der Waals surface area contributed by atoms with Gasteiger partial charge in [-0.15, -0.1) is 0 Å². The molecule has 0 saturated carbocycles. The van der Waals surface area contributed by atoms with E-state index >= 15 is 0 Å². The molecule has 0 atom stereocenters. The SMILES string of the molecule is Cn1c(C2=CCN(c3ccccc3)C=C2)nc2ccccc21. The fraction of sp³-hybridized carbons (Fsp3) is 0.105. The molecule has 0 amide bonds. The van der Waals surface area contributed by atoms with Gasteiger partial charge < -0.3 is 9.47 Å². The van der Waals surface area contributed by atoms with E-state index in [1.807, 2.05) is 12.1 Å². The van der Waals surface area contributed by atoms with Gasteiger partial charge in [-0.2, -0.15) is 0 Å². The van der Waals surface area contributed by atoms with Gasteiger partial charge in [-0.25, -0.2) is 4.98 Å². The van der Waals surface area contributed by atoms with Crippen molar-refractivity contribution in [2.75, 3.05) is 11.4 Å². The minimum absolute atomic E-state index is 0.860. The number of aryl methyl sites for hydroxylation is 1. The Balaban J connectivity index is 1.66. The topological polar surface area (TPSA) is 21.1 Å². The van der Waals surface area contributed by atoms with Crippen LogP contribution in [-0.4, -0.2) is 16.1 Å². The largest absolute Gasteiger partial charge is 0.344 e. The number of hydrogen-bond acceptors (Lipinski definition) is 2. The third-order valence-corrected chi connectivity index (χ3v) is 4.08. The number of nitrogens with zero attached hydrogens (tertiary/aromatic N) is 3. The van der Waals surface area contributed by atoms with Gasteiger partial charge in [0.1, 0.15) is 5.82 Å². The van der Waals surface area contributed by atoms with Crippen LogP contribution in [0.3, 0.4) is 0 Å². The smallest absolute Gasteiger partial charge is 0.140 e. The van der Waals surface area contributed by atoms with E-state index in [0.717, 1.165) is 23.4 Å². The number of rotatable bonds is 2. The molecule has 0 saturated heterocycles. The van der Waals surface area contributed by atoms with Gasteiger partial charge in [0.2, 0.25) is 0 Å². The average Bonchev–Trinajstić information content (AvgIpc) is 2.93. The summed E-state index contributed by atoms with van der Waals surface area (Å²) in [7, 11) is 2.07. The molecule has 1 aliphatic rings. The summed E-state index contributed by atoms with van der Waals surface area (Å²) in [6.07, 6.45) is 6.50. The van der Waals surface area contributed by atoms with Gasteiger partial charge in [0, 0.05) is 31.1 Å². The van der Waals surface area contributed by atoms with Gasteiger partial charge >= 0.3 is 0 Å². The zero-order valence-electron chi connectivity index (χ0n) is 12.5. The summed E-state index contributed by atoms with van der Waals surface area (Å²) in [6, 6.07) is 18.7. The number of anilines is 1. The van der Waals surface area contributed by atoms with Gasteiger partial charge in [-0.3, -0.25) is 0 Å². The minimum atomic E-state index is 0.860. The number of aromatic nitrogens is 2. The molecule has 0 aliphatic carbocycles. The molecule has 3 nitrogen and oxygen atoms in total. The van der Waals surface area contributed by atoms with Crippen LogP contribution in [0, 0.1) is 0 Å². The van der Waals surface area contributed by atoms with Crippen molar-refractivity contribution in [3.63, 3.8) is 0 Å². The van der Waals surface area contributed by atoms with Gasteiger partial charge in [-0.1, -0.05) is 36.4 Å². The van der Waals surface area contributed by atoms with Crippen molar-refractivity contribution in [2.45, 2.75) is 0 Å². The average molecular weight is 287 g/mol. The molecule has 2 heterocycles. The molecule has 0 unspecified atom stereocenters. The summed E-state index contributed by atoms with van der Waals surface area (Å²) in [6.45, 7) is 0.860. The standard InChI is InChI=1S/C19H17N3/c1-21-18-10-6-5-9-17(18)20-19(21)15-11-13-22(14-12-15)16-7-3-2-4-8-16/h2-13H,14H2,1H3. The molecule has 108 valence electrons. The van der Waals surface area contributed by atoms with E-state index in [4.69, 9.17) is 4.98 Å². The maximum atomic E-state index is 4.76. The van der Waals surface area contributed by atoms with Gasteiger partial charge in [0.15, 0.2) is 0 Å². The molecule has 0 N–H and O–H groups in total. The zero-order chi connectivity index (χ0) is 14.9. The highest BCUT2D eigenvalue weighted by molar-refractivity contribution is 5.83. The van der Waals surface area contributed by atoms with Gasteiger partial charge in [0.25, 0.3) is 0 Å². The summed E-state index contributed by atoms with van der Waals surface area (Å²) in [5.74, 6) is 1.02. The van der Waals surface area contributed by atoms with E-state index in [9.17, 15) is 0 Å². The number of hydrogen-bond donors (Lipinski definition) is 0. The number of para-hydroxylation sites is 3. The number of benzene rings is 2. The molecule has 2 aromatic carbocycles. The van der Waals surface area contributed by atoms with Gasteiger partial charge in [0.05, 0.1) is 11.0 Å². The summed E-state index contributed by atoms with van der Waals surface area (Å²) >= 11 is 0. The minimum Gasteiger partial charge on any atom is -0.344 e. The van der Waals surface area contributed by atoms with Crippen molar-refractivity contribution >= 4 is 22.3 Å². The Labute approximate surface area is 129 Å². The lowest BCUT2D eigenvalue weighted by Crippen LogP contribution is -2.18. The van der Waals surface area contributed by atoms with Gasteiger partial charge in [-0.05, 0) is 30.3 Å². The van der Waals surface area contributed by atoms with Crippen LogP contribution in [0.5, 0.6) is 0 Å². The van der Waals surface area contributed by atoms with Crippen molar-refractivity contribution in [1.82, 2.24) is 9.55 Å². The van der Waals surface area contributed by atoms with E-state index in [2.05, 4.69) is 77.3 Å². The van der Waals surface area contributed by atoms with Crippen LogP contribution in [0.25, 0.3) is 16.6 Å². The zero-order valence-corrected chi connectivity index (χ0v) is 12.5. The molecule has 1 aromatic heterocycles. The van der Waals surface area contributed by atoms with Crippen LogP contribution in [-0.2, 0) is 7.05 Å². The highest BCUT2D eigenvalue weighted by Gasteiger charge is 2.13. The lowest BCUT2D eigenvalue weighted by atomic mass is 10.1. The first-order valence-corrected chi connectivity index (χ1v) is 7.45. The predicted molar refractivity (Wildman–Crippen MR) is 91.6 cm³/mol. The van der Waals surface area contributed by atoms with E-state index in [0.29, 0.717) is 0 Å². The molecule has 4 rings (SSSR count). The van der Waals surface area contributed by atoms with Crippen molar-refractivity contribution < 1.29 is 0 Å². The molecule has 1 aliphatic heterocycles. The van der Waals surface area contributed by atoms with E-state index < -0.39 is 0 Å². The molecule has 0 bridgehead atoms. The summed E-state index contributed by atoms with van der Waals surface area (Å²) in [4.78, 5) is 6.99. The Hall–Kier alpha value is -2.81. The predicted octanol–water partition coefficient (Wildman–Crippen LogP) is 3.99. The van der Waals surface area contributed by atoms with Crippen molar-refractivity contribution in [3.8, 4) is 0 Å². The Bertz CT molecular complexity index is 872.